The van der Waals surface area contributed by atoms with Crippen molar-refractivity contribution in [1.29, 1.82) is 5.26 Å². The lowest BCUT2D eigenvalue weighted by atomic mass is 9.88. The van der Waals surface area contributed by atoms with Crippen molar-refractivity contribution >= 4 is 22.6 Å². The highest BCUT2D eigenvalue weighted by molar-refractivity contribution is 6.10. The zero-order valence-electron chi connectivity index (χ0n) is 32.0. The number of benzene rings is 4. The lowest BCUT2D eigenvalue weighted by molar-refractivity contribution is -0.229. The van der Waals surface area contributed by atoms with Crippen molar-refractivity contribution in [3.05, 3.63) is 130 Å². The third-order valence-corrected chi connectivity index (χ3v) is 10.7. The monoisotopic (exact) mass is 758 g/mol. The van der Waals surface area contributed by atoms with E-state index in [1.54, 1.807) is 18.2 Å². The molecule has 3 atom stereocenters. The number of morpholine rings is 1. The number of nitrogens with zero attached hydrogens (tertiary/aromatic N) is 3. The first-order valence-corrected chi connectivity index (χ1v) is 19.4. The number of amides is 1. The van der Waals surface area contributed by atoms with Gasteiger partial charge in [0.1, 0.15) is 23.4 Å². The Labute approximate surface area is 326 Å². The Morgan fingerprint density at radius 3 is 2.25 bits per heavy atom. The van der Waals surface area contributed by atoms with Crippen LogP contribution in [0.25, 0.3) is 10.9 Å². The van der Waals surface area contributed by atoms with Crippen molar-refractivity contribution in [2.24, 2.45) is 0 Å². The summed E-state index contributed by atoms with van der Waals surface area (Å²) in [7, 11) is 0. The maximum Gasteiger partial charge on any atom is 0.237 e. The fourth-order valence-electron chi connectivity index (χ4n) is 7.81. The SMILES string of the molecule is CCOc1cc(OCC)cc(C(C)O[C@H]2OCCN(C(=O)CN3CCC(c4c[nH]c5ccc(C(=O)c6ccc(F)cc6)cc45)CC3)[C@H]2c2ccc(C#N)cc2)c1. The molecule has 5 aromatic rings. The summed E-state index contributed by atoms with van der Waals surface area (Å²) in [6.07, 6.45) is 2.55. The van der Waals surface area contributed by atoms with Gasteiger partial charge in [-0.2, -0.15) is 5.26 Å². The van der Waals surface area contributed by atoms with Crippen LogP contribution < -0.4 is 9.47 Å². The van der Waals surface area contributed by atoms with Gasteiger partial charge in [0.05, 0.1) is 44.1 Å². The molecule has 2 aliphatic heterocycles. The van der Waals surface area contributed by atoms with Crippen LogP contribution in [0.4, 0.5) is 4.39 Å². The lowest BCUT2D eigenvalue weighted by Gasteiger charge is -2.43. The Morgan fingerprint density at radius 1 is 0.911 bits per heavy atom. The van der Waals surface area contributed by atoms with Crippen molar-refractivity contribution in [2.45, 2.75) is 58.0 Å². The molecule has 2 aliphatic rings. The minimum atomic E-state index is -0.769. The summed E-state index contributed by atoms with van der Waals surface area (Å²) in [6, 6.07) is 25.9. The lowest BCUT2D eigenvalue weighted by Crippen LogP contribution is -2.52. The Balaban J connectivity index is 1.05. The van der Waals surface area contributed by atoms with Gasteiger partial charge < -0.3 is 28.8 Å². The van der Waals surface area contributed by atoms with Gasteiger partial charge in [-0.3, -0.25) is 14.5 Å². The molecular formula is C45H47FN4O6. The molecule has 1 aromatic heterocycles. The van der Waals surface area contributed by atoms with Crippen LogP contribution in [0.1, 0.15) is 89.9 Å². The van der Waals surface area contributed by atoms with Crippen molar-refractivity contribution < 1.29 is 32.9 Å². The number of H-pyrrole nitrogens is 1. The van der Waals surface area contributed by atoms with E-state index >= 15 is 0 Å². The molecular weight excluding hydrogens is 712 g/mol. The Morgan fingerprint density at radius 2 is 1.59 bits per heavy atom. The largest absolute Gasteiger partial charge is 0.494 e. The van der Waals surface area contributed by atoms with Gasteiger partial charge in [0.25, 0.3) is 0 Å². The van der Waals surface area contributed by atoms with Crippen LogP contribution >= 0.6 is 0 Å². The average Bonchev–Trinajstić information content (AvgIpc) is 3.65. The molecule has 56 heavy (non-hydrogen) atoms. The number of carbonyl (C=O) groups excluding carboxylic acids is 2. The Kier molecular flexibility index (Phi) is 12.1. The molecule has 0 saturated carbocycles. The molecule has 4 aromatic carbocycles. The molecule has 1 N–H and O–H groups in total. The number of aromatic nitrogens is 1. The number of hydrogen-bond donors (Lipinski definition) is 1. The number of ketones is 1. The highest BCUT2D eigenvalue weighted by Crippen LogP contribution is 2.37. The summed E-state index contributed by atoms with van der Waals surface area (Å²) in [5.74, 6) is 1.08. The minimum absolute atomic E-state index is 0.0182. The van der Waals surface area contributed by atoms with Gasteiger partial charge in [0.2, 0.25) is 5.91 Å². The number of ether oxygens (including phenoxy) is 4. The summed E-state index contributed by atoms with van der Waals surface area (Å²) >= 11 is 0. The summed E-state index contributed by atoms with van der Waals surface area (Å²) in [4.78, 5) is 34.9. The number of carbonyl (C=O) groups is 2. The highest BCUT2D eigenvalue weighted by Gasteiger charge is 2.39. The number of nitriles is 1. The Hall–Kier alpha value is -5.54. The number of nitrogens with one attached hydrogen (secondary N) is 1. The first-order chi connectivity index (χ1) is 27.2. The van der Waals surface area contributed by atoms with Crippen LogP contribution in [-0.2, 0) is 14.3 Å². The predicted molar refractivity (Wildman–Crippen MR) is 210 cm³/mol. The third-order valence-electron chi connectivity index (χ3n) is 10.7. The summed E-state index contributed by atoms with van der Waals surface area (Å²) in [5, 5.41) is 10.5. The second-order valence-corrected chi connectivity index (χ2v) is 14.3. The number of likely N-dealkylation sites (tertiary alicyclic amines) is 1. The first-order valence-electron chi connectivity index (χ1n) is 19.4. The first kappa shape index (κ1) is 38.7. The van der Waals surface area contributed by atoms with Gasteiger partial charge in [-0.25, -0.2) is 4.39 Å². The maximum atomic E-state index is 14.3. The highest BCUT2D eigenvalue weighted by atomic mass is 19.1. The van der Waals surface area contributed by atoms with Gasteiger partial charge in [0.15, 0.2) is 12.1 Å². The molecule has 1 unspecified atom stereocenters. The van der Waals surface area contributed by atoms with Crippen LogP contribution in [0.5, 0.6) is 11.5 Å². The molecule has 7 rings (SSSR count). The molecule has 3 heterocycles. The molecule has 0 spiro atoms. The number of rotatable bonds is 13. The summed E-state index contributed by atoms with van der Waals surface area (Å²) in [5.41, 5.74) is 5.32. The van der Waals surface area contributed by atoms with Crippen molar-refractivity contribution in [1.82, 2.24) is 14.8 Å². The molecule has 11 heteroatoms. The van der Waals surface area contributed by atoms with Crippen LogP contribution in [-0.4, -0.2) is 78.8 Å². The van der Waals surface area contributed by atoms with Gasteiger partial charge in [-0.15, -0.1) is 0 Å². The maximum absolute atomic E-state index is 14.3. The zero-order valence-corrected chi connectivity index (χ0v) is 32.0. The number of fused-ring (bicyclic) bond motifs is 1. The second-order valence-electron chi connectivity index (χ2n) is 14.3. The number of piperidine rings is 1. The van der Waals surface area contributed by atoms with E-state index < -0.39 is 18.4 Å². The van der Waals surface area contributed by atoms with Crippen molar-refractivity contribution in [2.75, 3.05) is 46.0 Å². The van der Waals surface area contributed by atoms with Crippen molar-refractivity contribution in [3.8, 4) is 17.6 Å². The fourth-order valence-corrected chi connectivity index (χ4v) is 7.81. The quantitative estimate of drug-likeness (QED) is 0.120. The molecule has 0 radical (unpaired) electrons. The number of aromatic amines is 1. The molecule has 290 valence electrons. The summed E-state index contributed by atoms with van der Waals surface area (Å²) in [6.45, 7) is 9.27. The third kappa shape index (κ3) is 8.63. The van der Waals surface area contributed by atoms with Crippen LogP contribution in [0.2, 0.25) is 0 Å². The average molecular weight is 759 g/mol. The van der Waals surface area contributed by atoms with E-state index in [4.69, 9.17) is 18.9 Å². The molecule has 1 amide bonds. The van der Waals surface area contributed by atoms with Gasteiger partial charge >= 0.3 is 0 Å². The van der Waals surface area contributed by atoms with Crippen LogP contribution in [0, 0.1) is 17.1 Å². The molecule has 0 aliphatic carbocycles. The molecule has 2 saturated heterocycles. The number of hydrogen-bond acceptors (Lipinski definition) is 8. The van der Waals surface area contributed by atoms with E-state index in [1.165, 1.54) is 24.3 Å². The number of halogens is 1. The van der Waals surface area contributed by atoms with Gasteiger partial charge in [-0.1, -0.05) is 12.1 Å². The van der Waals surface area contributed by atoms with E-state index in [1.807, 2.05) is 74.3 Å². The van der Waals surface area contributed by atoms with E-state index in [-0.39, 0.29) is 30.0 Å². The van der Waals surface area contributed by atoms with Crippen LogP contribution in [0.15, 0.2) is 91.1 Å². The second kappa shape index (κ2) is 17.5. The van der Waals surface area contributed by atoms with E-state index in [0.29, 0.717) is 54.6 Å². The topological polar surface area (TPSA) is 117 Å². The smallest absolute Gasteiger partial charge is 0.237 e. The minimum Gasteiger partial charge on any atom is -0.494 e. The standard InChI is InChI=1S/C45H47FN4O6/c1-4-53-37-22-35(23-38(25-37)54-5-2)29(3)56-45-43(32-8-6-30(26-47)7-9-32)50(20-21-55-45)42(51)28-49-18-16-31(17-19-49)40-27-48-41-15-12-34(24-39(40)41)44(52)33-10-13-36(46)14-11-33/h6-15,22-25,27,29,31,43,45,48H,4-5,16-21,28H2,1-3H3/t29?,43-,45+/m0/s1. The van der Waals surface area contributed by atoms with Crippen molar-refractivity contribution in [3.63, 3.8) is 0 Å². The summed E-state index contributed by atoms with van der Waals surface area (Å²) < 4.78 is 38.0. The molecule has 10 nitrogen and oxygen atoms in total. The molecule has 2 fully saturated rings. The Bertz CT molecular complexity index is 2170. The fraction of sp³-hybridized carbons (Fsp3) is 0.356. The molecule has 0 bridgehead atoms. The van der Waals surface area contributed by atoms with E-state index in [9.17, 15) is 19.2 Å². The van der Waals surface area contributed by atoms with Gasteiger partial charge in [0, 0.05) is 40.8 Å². The van der Waals surface area contributed by atoms with Gasteiger partial charge in [-0.05, 0) is 136 Å². The zero-order chi connectivity index (χ0) is 39.2. The normalized spacial score (nSPS) is 18.4. The predicted octanol–water partition coefficient (Wildman–Crippen LogP) is 8.09. The van der Waals surface area contributed by atoms with E-state index in [2.05, 4.69) is 16.0 Å². The van der Waals surface area contributed by atoms with E-state index in [0.717, 1.165) is 53.5 Å². The van der Waals surface area contributed by atoms with Crippen LogP contribution in [0.3, 0.4) is 0 Å².